The number of ether oxygens (including phenoxy) is 1. The monoisotopic (exact) mass is 208 g/mol. The van der Waals surface area contributed by atoms with Gasteiger partial charge in [-0.1, -0.05) is 6.08 Å². The number of methoxy groups -OCH3 is 1. The zero-order chi connectivity index (χ0) is 11.4. The van der Waals surface area contributed by atoms with Gasteiger partial charge in [0.05, 0.1) is 19.3 Å². The summed E-state index contributed by atoms with van der Waals surface area (Å²) in [5.74, 6) is -0.295. The highest BCUT2D eigenvalue weighted by Gasteiger charge is 2.03. The fraction of sp³-hybridized carbons (Fsp3) is 0.455. The summed E-state index contributed by atoms with van der Waals surface area (Å²) in [5.41, 5.74) is 2.67. The molecule has 0 atom stereocenters. The molecule has 0 bridgehead atoms. The summed E-state index contributed by atoms with van der Waals surface area (Å²) in [7, 11) is 1.38. The molecule has 0 unspecified atom stereocenters. The van der Waals surface area contributed by atoms with Gasteiger partial charge in [-0.3, -0.25) is 4.68 Å². The van der Waals surface area contributed by atoms with Crippen molar-refractivity contribution in [3.63, 3.8) is 0 Å². The lowest BCUT2D eigenvalue weighted by atomic mass is 10.3. The average molecular weight is 208 g/mol. The van der Waals surface area contributed by atoms with Crippen LogP contribution in [-0.2, 0) is 16.1 Å². The lowest BCUT2D eigenvalue weighted by Crippen LogP contribution is -2.05. The van der Waals surface area contributed by atoms with Crippen molar-refractivity contribution in [2.24, 2.45) is 0 Å². The Hall–Kier alpha value is -1.58. The molecule has 0 radical (unpaired) electrons. The second-order valence-corrected chi connectivity index (χ2v) is 3.49. The molecule has 1 heterocycles. The Morgan fingerprint density at radius 3 is 2.73 bits per heavy atom. The van der Waals surface area contributed by atoms with Gasteiger partial charge in [0.15, 0.2) is 0 Å². The van der Waals surface area contributed by atoms with E-state index < -0.39 is 0 Å². The van der Waals surface area contributed by atoms with Crippen LogP contribution in [0.15, 0.2) is 17.7 Å². The number of nitrogens with zero attached hydrogens (tertiary/aromatic N) is 2. The molecule has 15 heavy (non-hydrogen) atoms. The van der Waals surface area contributed by atoms with Crippen molar-refractivity contribution >= 4 is 5.97 Å². The molecule has 0 N–H and O–H groups in total. The van der Waals surface area contributed by atoms with E-state index in [9.17, 15) is 4.79 Å². The van der Waals surface area contributed by atoms with Gasteiger partial charge in [-0.25, -0.2) is 4.79 Å². The van der Waals surface area contributed by atoms with E-state index >= 15 is 0 Å². The number of hydrogen-bond donors (Lipinski definition) is 0. The number of aromatic nitrogens is 2. The number of esters is 1. The van der Waals surface area contributed by atoms with E-state index in [0.717, 1.165) is 11.4 Å². The summed E-state index contributed by atoms with van der Waals surface area (Å²) >= 11 is 0. The quantitative estimate of drug-likeness (QED) is 0.560. The van der Waals surface area contributed by atoms with Crippen molar-refractivity contribution in [1.29, 1.82) is 0 Å². The first kappa shape index (κ1) is 11.5. The Morgan fingerprint density at radius 1 is 1.60 bits per heavy atom. The predicted molar refractivity (Wildman–Crippen MR) is 57.5 cm³/mol. The van der Waals surface area contributed by atoms with Gasteiger partial charge < -0.3 is 4.74 Å². The van der Waals surface area contributed by atoms with Crippen LogP contribution in [0.3, 0.4) is 0 Å². The van der Waals surface area contributed by atoms with Crippen molar-refractivity contribution < 1.29 is 9.53 Å². The first-order valence-electron chi connectivity index (χ1n) is 4.80. The fourth-order valence-corrected chi connectivity index (χ4v) is 1.33. The number of rotatable bonds is 3. The third-order valence-corrected chi connectivity index (χ3v) is 2.18. The van der Waals surface area contributed by atoms with Crippen molar-refractivity contribution in [1.82, 2.24) is 9.78 Å². The Kier molecular flexibility index (Phi) is 3.66. The van der Waals surface area contributed by atoms with E-state index in [1.54, 1.807) is 6.92 Å². The molecule has 0 aromatic carbocycles. The van der Waals surface area contributed by atoms with E-state index in [1.165, 1.54) is 7.11 Å². The summed E-state index contributed by atoms with van der Waals surface area (Å²) in [4.78, 5) is 11.1. The van der Waals surface area contributed by atoms with Crippen LogP contribution in [0, 0.1) is 13.8 Å². The maximum absolute atomic E-state index is 11.1. The van der Waals surface area contributed by atoms with Crippen LogP contribution in [0.25, 0.3) is 0 Å². The normalized spacial score (nSPS) is 11.6. The molecule has 4 nitrogen and oxygen atoms in total. The molecule has 0 aliphatic rings. The van der Waals surface area contributed by atoms with Gasteiger partial charge in [0, 0.05) is 11.3 Å². The number of allylic oxidation sites excluding steroid dienone is 1. The molecule has 0 saturated heterocycles. The summed E-state index contributed by atoms with van der Waals surface area (Å²) in [6, 6.07) is 2.00. The first-order valence-corrected chi connectivity index (χ1v) is 4.80. The Balaban J connectivity index is 2.71. The Bertz CT molecular complexity index is 391. The predicted octanol–water partition coefficient (Wildman–Crippen LogP) is 1.62. The molecule has 0 saturated carbocycles. The van der Waals surface area contributed by atoms with Crippen LogP contribution >= 0.6 is 0 Å². The molecule has 1 aromatic heterocycles. The SMILES string of the molecule is COC(=O)C(C)=CCn1nc(C)cc1C. The van der Waals surface area contributed by atoms with Gasteiger partial charge in [0.1, 0.15) is 0 Å². The number of carbonyl (C=O) groups excluding carboxylic acids is 1. The second kappa shape index (κ2) is 4.77. The molecule has 1 rings (SSSR count). The second-order valence-electron chi connectivity index (χ2n) is 3.49. The van der Waals surface area contributed by atoms with Crippen LogP contribution in [0.5, 0.6) is 0 Å². The minimum Gasteiger partial charge on any atom is -0.466 e. The molecular weight excluding hydrogens is 192 g/mol. The highest BCUT2D eigenvalue weighted by molar-refractivity contribution is 5.87. The smallest absolute Gasteiger partial charge is 0.333 e. The first-order chi connectivity index (χ1) is 7.04. The zero-order valence-electron chi connectivity index (χ0n) is 9.57. The van der Waals surface area contributed by atoms with Gasteiger partial charge in [-0.15, -0.1) is 0 Å². The topological polar surface area (TPSA) is 44.1 Å². The molecule has 0 fully saturated rings. The molecule has 0 aliphatic heterocycles. The third kappa shape index (κ3) is 2.94. The van der Waals surface area contributed by atoms with Crippen LogP contribution < -0.4 is 0 Å². The number of carbonyl (C=O) groups is 1. The zero-order valence-corrected chi connectivity index (χ0v) is 9.57. The minimum absolute atomic E-state index is 0.295. The third-order valence-electron chi connectivity index (χ3n) is 2.18. The van der Waals surface area contributed by atoms with Crippen LogP contribution in [0.1, 0.15) is 18.3 Å². The van der Waals surface area contributed by atoms with E-state index in [-0.39, 0.29) is 5.97 Å². The molecule has 4 heteroatoms. The molecular formula is C11H16N2O2. The van der Waals surface area contributed by atoms with Crippen molar-refractivity contribution in [2.45, 2.75) is 27.3 Å². The Labute approximate surface area is 89.5 Å². The van der Waals surface area contributed by atoms with E-state index in [0.29, 0.717) is 12.1 Å². The average Bonchev–Trinajstić information content (AvgIpc) is 2.52. The van der Waals surface area contributed by atoms with Gasteiger partial charge in [0.25, 0.3) is 0 Å². The van der Waals surface area contributed by atoms with E-state index in [4.69, 9.17) is 0 Å². The van der Waals surface area contributed by atoms with Crippen molar-refractivity contribution in [2.75, 3.05) is 7.11 Å². The highest BCUT2D eigenvalue weighted by Crippen LogP contribution is 2.03. The minimum atomic E-state index is -0.295. The van der Waals surface area contributed by atoms with Gasteiger partial charge >= 0.3 is 5.97 Å². The largest absolute Gasteiger partial charge is 0.466 e. The highest BCUT2D eigenvalue weighted by atomic mass is 16.5. The summed E-state index contributed by atoms with van der Waals surface area (Å²) in [6.45, 7) is 6.26. The summed E-state index contributed by atoms with van der Waals surface area (Å²) in [5, 5.41) is 4.29. The maximum Gasteiger partial charge on any atom is 0.333 e. The Morgan fingerprint density at radius 2 is 2.27 bits per heavy atom. The molecule has 0 amide bonds. The summed E-state index contributed by atoms with van der Waals surface area (Å²) < 4.78 is 6.45. The van der Waals surface area contributed by atoms with Crippen LogP contribution in [0.4, 0.5) is 0 Å². The molecule has 0 aliphatic carbocycles. The van der Waals surface area contributed by atoms with E-state index in [1.807, 2.05) is 30.7 Å². The fourth-order valence-electron chi connectivity index (χ4n) is 1.33. The molecule has 82 valence electrons. The number of hydrogen-bond acceptors (Lipinski definition) is 3. The van der Waals surface area contributed by atoms with Crippen LogP contribution in [0.2, 0.25) is 0 Å². The van der Waals surface area contributed by atoms with Gasteiger partial charge in [0.2, 0.25) is 0 Å². The van der Waals surface area contributed by atoms with Crippen LogP contribution in [-0.4, -0.2) is 22.9 Å². The van der Waals surface area contributed by atoms with Gasteiger partial charge in [-0.2, -0.15) is 5.10 Å². The lowest BCUT2D eigenvalue weighted by Gasteiger charge is -2.01. The standard InChI is InChI=1S/C11H16N2O2/c1-8(11(14)15-4)5-6-13-10(3)7-9(2)12-13/h5,7H,6H2,1-4H3. The van der Waals surface area contributed by atoms with E-state index in [2.05, 4.69) is 9.84 Å². The molecule has 1 aromatic rings. The van der Waals surface area contributed by atoms with Gasteiger partial charge in [-0.05, 0) is 26.8 Å². The van der Waals surface area contributed by atoms with Crippen molar-refractivity contribution in [3.05, 3.63) is 29.1 Å². The molecule has 0 spiro atoms. The van der Waals surface area contributed by atoms with Crippen molar-refractivity contribution in [3.8, 4) is 0 Å². The lowest BCUT2D eigenvalue weighted by molar-refractivity contribution is -0.136. The number of aryl methyl sites for hydroxylation is 2. The summed E-state index contributed by atoms with van der Waals surface area (Å²) in [6.07, 6.45) is 1.81. The maximum atomic E-state index is 11.1.